The zero-order chi connectivity index (χ0) is 7.98. The predicted octanol–water partition coefficient (Wildman–Crippen LogP) is 2.79. The molecule has 56 valence electrons. The summed E-state index contributed by atoms with van der Waals surface area (Å²) >= 11 is 0. The van der Waals surface area contributed by atoms with Gasteiger partial charge in [0.1, 0.15) is 0 Å². The molecule has 0 bridgehead atoms. The minimum atomic E-state index is 0.512. The van der Waals surface area contributed by atoms with Crippen LogP contribution in [0, 0.1) is 11.3 Å². The smallest absolute Gasteiger partial charge is 0.0180 e. The first-order chi connectivity index (χ1) is 4.72. The molecule has 0 radical (unpaired) electrons. The fourth-order valence-electron chi connectivity index (χ4n) is 0.729. The minimum absolute atomic E-state index is 0.512. The van der Waals surface area contributed by atoms with E-state index in [-0.39, 0.29) is 0 Å². The van der Waals surface area contributed by atoms with Crippen LogP contribution in [0.4, 0.5) is 0 Å². The SMILES string of the molecule is C/C=C\C(=C/C=N)C(C)C. The van der Waals surface area contributed by atoms with Crippen molar-refractivity contribution in [3.05, 3.63) is 23.8 Å². The van der Waals surface area contributed by atoms with E-state index in [0.717, 1.165) is 0 Å². The van der Waals surface area contributed by atoms with Crippen molar-refractivity contribution < 1.29 is 0 Å². The fourth-order valence-corrected chi connectivity index (χ4v) is 0.729. The maximum atomic E-state index is 6.87. The zero-order valence-electron chi connectivity index (χ0n) is 6.89. The van der Waals surface area contributed by atoms with Crippen molar-refractivity contribution in [3.63, 3.8) is 0 Å². The van der Waals surface area contributed by atoms with E-state index in [1.54, 1.807) is 0 Å². The minimum Gasteiger partial charge on any atom is -0.309 e. The highest BCUT2D eigenvalue weighted by atomic mass is 14.3. The van der Waals surface area contributed by atoms with Crippen molar-refractivity contribution >= 4 is 6.21 Å². The topological polar surface area (TPSA) is 23.9 Å². The maximum Gasteiger partial charge on any atom is 0.0180 e. The van der Waals surface area contributed by atoms with Crippen LogP contribution in [0.3, 0.4) is 0 Å². The molecule has 0 unspecified atom stereocenters. The van der Waals surface area contributed by atoms with E-state index in [1.165, 1.54) is 11.8 Å². The van der Waals surface area contributed by atoms with Crippen LogP contribution >= 0.6 is 0 Å². The molecular formula is C9H15N. The van der Waals surface area contributed by atoms with Crippen molar-refractivity contribution in [2.24, 2.45) is 5.92 Å². The Balaban J connectivity index is 4.25. The second kappa shape index (κ2) is 4.98. The highest BCUT2D eigenvalue weighted by molar-refractivity contribution is 5.69. The first-order valence-corrected chi connectivity index (χ1v) is 3.55. The van der Waals surface area contributed by atoms with Gasteiger partial charge in [0.25, 0.3) is 0 Å². The molecule has 0 aromatic rings. The Morgan fingerprint density at radius 3 is 2.30 bits per heavy atom. The molecule has 0 saturated heterocycles. The molecule has 0 amide bonds. The summed E-state index contributed by atoms with van der Waals surface area (Å²) in [5.41, 5.74) is 1.21. The summed E-state index contributed by atoms with van der Waals surface area (Å²) in [6, 6.07) is 0. The Labute approximate surface area is 63.0 Å². The average Bonchev–Trinajstić information content (AvgIpc) is 1.87. The monoisotopic (exact) mass is 137 g/mol. The van der Waals surface area contributed by atoms with Gasteiger partial charge in [0.05, 0.1) is 0 Å². The molecule has 0 aromatic heterocycles. The Hall–Kier alpha value is -0.850. The van der Waals surface area contributed by atoms with Gasteiger partial charge in [0.2, 0.25) is 0 Å². The van der Waals surface area contributed by atoms with Crippen LogP contribution in [0.2, 0.25) is 0 Å². The van der Waals surface area contributed by atoms with Crippen molar-refractivity contribution in [1.82, 2.24) is 0 Å². The quantitative estimate of drug-likeness (QED) is 0.457. The van der Waals surface area contributed by atoms with E-state index in [4.69, 9.17) is 5.41 Å². The second-order valence-electron chi connectivity index (χ2n) is 2.49. The van der Waals surface area contributed by atoms with Gasteiger partial charge in [-0.3, -0.25) is 0 Å². The molecule has 0 heterocycles. The molecule has 0 aliphatic carbocycles. The van der Waals surface area contributed by atoms with Gasteiger partial charge < -0.3 is 5.41 Å². The molecular weight excluding hydrogens is 122 g/mol. The number of rotatable bonds is 3. The largest absolute Gasteiger partial charge is 0.309 e. The fraction of sp³-hybridized carbons (Fsp3) is 0.444. The predicted molar refractivity (Wildman–Crippen MR) is 46.5 cm³/mol. The summed E-state index contributed by atoms with van der Waals surface area (Å²) in [7, 11) is 0. The number of hydrogen-bond donors (Lipinski definition) is 1. The highest BCUT2D eigenvalue weighted by Crippen LogP contribution is 2.09. The van der Waals surface area contributed by atoms with Gasteiger partial charge >= 0.3 is 0 Å². The van der Waals surface area contributed by atoms with Gasteiger partial charge in [-0.25, -0.2) is 0 Å². The number of allylic oxidation sites excluding steroid dienone is 4. The third-order valence-corrected chi connectivity index (χ3v) is 1.30. The summed E-state index contributed by atoms with van der Waals surface area (Å²) in [5.74, 6) is 0.512. The maximum absolute atomic E-state index is 6.87. The summed E-state index contributed by atoms with van der Waals surface area (Å²) in [4.78, 5) is 0. The van der Waals surface area contributed by atoms with Gasteiger partial charge in [-0.1, -0.05) is 26.0 Å². The molecule has 0 atom stereocenters. The Morgan fingerprint density at radius 2 is 2.00 bits per heavy atom. The van der Waals surface area contributed by atoms with Crippen LogP contribution in [0.25, 0.3) is 0 Å². The number of nitrogens with one attached hydrogen (secondary N) is 1. The van der Waals surface area contributed by atoms with Crippen LogP contribution in [0.5, 0.6) is 0 Å². The molecule has 1 N–H and O–H groups in total. The van der Waals surface area contributed by atoms with E-state index < -0.39 is 0 Å². The molecule has 0 saturated carbocycles. The lowest BCUT2D eigenvalue weighted by Gasteiger charge is -2.03. The van der Waals surface area contributed by atoms with Gasteiger partial charge in [-0.2, -0.15) is 0 Å². The summed E-state index contributed by atoms with van der Waals surface area (Å²) in [6.45, 7) is 6.23. The van der Waals surface area contributed by atoms with E-state index >= 15 is 0 Å². The second-order valence-corrected chi connectivity index (χ2v) is 2.49. The molecule has 0 aromatic carbocycles. The van der Waals surface area contributed by atoms with Gasteiger partial charge in [-0.15, -0.1) is 0 Å². The standard InChI is InChI=1S/C9H15N/c1-4-5-9(6-7-10)8(2)3/h4-8,10H,1-3H3/b5-4-,9-6+,10-7?. The average molecular weight is 137 g/mol. The van der Waals surface area contributed by atoms with Crippen molar-refractivity contribution in [2.45, 2.75) is 20.8 Å². The third kappa shape index (κ3) is 3.23. The van der Waals surface area contributed by atoms with Gasteiger partial charge in [0.15, 0.2) is 0 Å². The van der Waals surface area contributed by atoms with Gasteiger partial charge in [-0.05, 0) is 24.5 Å². The summed E-state index contributed by atoms with van der Waals surface area (Å²) in [5, 5.41) is 6.87. The first-order valence-electron chi connectivity index (χ1n) is 3.55. The summed E-state index contributed by atoms with van der Waals surface area (Å²) < 4.78 is 0. The van der Waals surface area contributed by atoms with Crippen LogP contribution in [-0.2, 0) is 0 Å². The lowest BCUT2D eigenvalue weighted by atomic mass is 10.0. The molecule has 10 heavy (non-hydrogen) atoms. The molecule has 1 heteroatoms. The molecule has 0 aliphatic rings. The Kier molecular flexibility index (Phi) is 4.55. The van der Waals surface area contributed by atoms with E-state index in [9.17, 15) is 0 Å². The van der Waals surface area contributed by atoms with E-state index in [2.05, 4.69) is 13.8 Å². The number of hydrogen-bond acceptors (Lipinski definition) is 1. The molecule has 0 rings (SSSR count). The Bertz CT molecular complexity index is 152. The van der Waals surface area contributed by atoms with Crippen molar-refractivity contribution in [1.29, 1.82) is 5.41 Å². The van der Waals surface area contributed by atoms with Crippen LogP contribution in [-0.4, -0.2) is 6.21 Å². The van der Waals surface area contributed by atoms with Crippen molar-refractivity contribution in [2.75, 3.05) is 0 Å². The molecule has 0 spiro atoms. The molecule has 1 nitrogen and oxygen atoms in total. The highest BCUT2D eigenvalue weighted by Gasteiger charge is 1.95. The van der Waals surface area contributed by atoms with Crippen LogP contribution < -0.4 is 0 Å². The lowest BCUT2D eigenvalue weighted by molar-refractivity contribution is 0.793. The zero-order valence-corrected chi connectivity index (χ0v) is 6.89. The lowest BCUT2D eigenvalue weighted by Crippen LogP contribution is -1.89. The third-order valence-electron chi connectivity index (χ3n) is 1.30. The Morgan fingerprint density at radius 1 is 1.40 bits per heavy atom. The van der Waals surface area contributed by atoms with Crippen LogP contribution in [0.15, 0.2) is 23.8 Å². The normalized spacial score (nSPS) is 13.0. The van der Waals surface area contributed by atoms with Gasteiger partial charge in [0, 0.05) is 6.21 Å². The van der Waals surface area contributed by atoms with E-state index in [1.807, 2.05) is 25.2 Å². The summed E-state index contributed by atoms with van der Waals surface area (Å²) in [6.07, 6.45) is 7.19. The van der Waals surface area contributed by atoms with Crippen LogP contribution in [0.1, 0.15) is 20.8 Å². The molecule has 0 fully saturated rings. The first kappa shape index (κ1) is 9.15. The molecule has 0 aliphatic heterocycles. The van der Waals surface area contributed by atoms with Crippen molar-refractivity contribution in [3.8, 4) is 0 Å². The van der Waals surface area contributed by atoms with E-state index in [0.29, 0.717) is 5.92 Å².